The average molecular weight is 243 g/mol. The van der Waals surface area contributed by atoms with Crippen molar-refractivity contribution in [2.75, 3.05) is 7.11 Å². The fourth-order valence-corrected chi connectivity index (χ4v) is 2.62. The van der Waals surface area contributed by atoms with Crippen LogP contribution in [-0.4, -0.2) is 52.7 Å². The molecule has 0 aromatic rings. The van der Waals surface area contributed by atoms with Crippen LogP contribution in [0.2, 0.25) is 0 Å². The van der Waals surface area contributed by atoms with Gasteiger partial charge >= 0.3 is 0 Å². The summed E-state index contributed by atoms with van der Waals surface area (Å²) in [6.07, 6.45) is -2.74. The first-order chi connectivity index (χ1) is 7.97. The standard InChI is InChI=1S/C11H17NO5/c1-4(13)9-8-7(11(16)12-9)6(17-2)3-5(14)10(8)15/h4-5,8-10,13-15H,3H2,1-2H3,(H,12,16)/t4-,5-,8-,9+,10+/m1/s1. The quantitative estimate of drug-likeness (QED) is 0.473. The maximum atomic E-state index is 11.8. The Morgan fingerprint density at radius 3 is 2.65 bits per heavy atom. The van der Waals surface area contributed by atoms with Gasteiger partial charge in [0.25, 0.3) is 5.91 Å². The molecule has 0 saturated carbocycles. The van der Waals surface area contributed by atoms with E-state index >= 15 is 0 Å². The molecule has 0 aromatic heterocycles. The molecule has 1 saturated heterocycles. The molecule has 1 fully saturated rings. The number of hydrogen-bond donors (Lipinski definition) is 4. The predicted molar refractivity (Wildman–Crippen MR) is 57.8 cm³/mol. The van der Waals surface area contributed by atoms with E-state index in [4.69, 9.17) is 4.74 Å². The van der Waals surface area contributed by atoms with Crippen LogP contribution in [-0.2, 0) is 9.53 Å². The summed E-state index contributed by atoms with van der Waals surface area (Å²) < 4.78 is 5.09. The number of amides is 1. The summed E-state index contributed by atoms with van der Waals surface area (Å²) >= 11 is 0. The van der Waals surface area contributed by atoms with Gasteiger partial charge in [0.15, 0.2) is 0 Å². The zero-order chi connectivity index (χ0) is 12.7. The van der Waals surface area contributed by atoms with Gasteiger partial charge in [-0.05, 0) is 6.92 Å². The van der Waals surface area contributed by atoms with Crippen LogP contribution in [0.5, 0.6) is 0 Å². The Bertz CT molecular complexity index is 365. The predicted octanol–water partition coefficient (Wildman–Crippen LogP) is -1.49. The monoisotopic (exact) mass is 243 g/mol. The third-order valence-corrected chi connectivity index (χ3v) is 3.49. The van der Waals surface area contributed by atoms with Crippen LogP contribution in [0, 0.1) is 5.92 Å². The SMILES string of the molecule is COC1=C2C(=O)N[C@@H]([C@@H](C)O)[C@@H]2[C@@H](O)[C@H](O)C1. The number of carbonyl (C=O) groups is 1. The first kappa shape index (κ1) is 12.3. The summed E-state index contributed by atoms with van der Waals surface area (Å²) in [6.45, 7) is 1.54. The molecule has 1 heterocycles. The number of aliphatic hydroxyl groups is 3. The maximum absolute atomic E-state index is 11.8. The molecule has 0 bridgehead atoms. The molecule has 0 radical (unpaired) electrons. The van der Waals surface area contributed by atoms with E-state index in [1.807, 2.05) is 0 Å². The summed E-state index contributed by atoms with van der Waals surface area (Å²) in [5, 5.41) is 31.9. The van der Waals surface area contributed by atoms with E-state index in [1.165, 1.54) is 14.0 Å². The Labute approximate surface area is 98.9 Å². The second-order valence-electron chi connectivity index (χ2n) is 4.57. The van der Waals surface area contributed by atoms with E-state index in [-0.39, 0.29) is 12.3 Å². The Hall–Kier alpha value is -1.11. The Morgan fingerprint density at radius 2 is 2.12 bits per heavy atom. The van der Waals surface area contributed by atoms with E-state index in [1.54, 1.807) is 0 Å². The fourth-order valence-electron chi connectivity index (χ4n) is 2.62. The van der Waals surface area contributed by atoms with Crippen molar-refractivity contribution >= 4 is 5.91 Å². The minimum Gasteiger partial charge on any atom is -0.500 e. The van der Waals surface area contributed by atoms with Crippen molar-refractivity contribution in [2.45, 2.75) is 37.7 Å². The molecule has 4 N–H and O–H groups in total. The van der Waals surface area contributed by atoms with Gasteiger partial charge in [0.05, 0.1) is 37.0 Å². The maximum Gasteiger partial charge on any atom is 0.251 e. The van der Waals surface area contributed by atoms with Gasteiger partial charge < -0.3 is 25.4 Å². The summed E-state index contributed by atoms with van der Waals surface area (Å²) in [7, 11) is 1.42. The van der Waals surface area contributed by atoms with Gasteiger partial charge in [-0.25, -0.2) is 0 Å². The van der Waals surface area contributed by atoms with Crippen molar-refractivity contribution in [1.29, 1.82) is 0 Å². The highest BCUT2D eigenvalue weighted by molar-refractivity contribution is 5.98. The van der Waals surface area contributed by atoms with E-state index in [0.717, 1.165) is 0 Å². The Morgan fingerprint density at radius 1 is 1.47 bits per heavy atom. The number of rotatable bonds is 2. The van der Waals surface area contributed by atoms with Crippen molar-refractivity contribution in [2.24, 2.45) is 5.92 Å². The van der Waals surface area contributed by atoms with Crippen molar-refractivity contribution in [1.82, 2.24) is 5.32 Å². The summed E-state index contributed by atoms with van der Waals surface area (Å²) in [6, 6.07) is -0.590. The van der Waals surface area contributed by atoms with E-state index in [9.17, 15) is 20.1 Å². The highest BCUT2D eigenvalue weighted by atomic mass is 16.5. The summed E-state index contributed by atoms with van der Waals surface area (Å²) in [5.41, 5.74) is 0.344. The van der Waals surface area contributed by atoms with Crippen molar-refractivity contribution in [3.8, 4) is 0 Å². The highest BCUT2D eigenvalue weighted by Gasteiger charge is 2.50. The second kappa shape index (κ2) is 4.29. The van der Waals surface area contributed by atoms with Crippen molar-refractivity contribution < 1.29 is 24.9 Å². The molecule has 6 nitrogen and oxygen atoms in total. The van der Waals surface area contributed by atoms with Crippen LogP contribution < -0.4 is 5.32 Å². The molecule has 5 atom stereocenters. The van der Waals surface area contributed by atoms with Crippen LogP contribution in [0.15, 0.2) is 11.3 Å². The molecule has 6 heteroatoms. The topological polar surface area (TPSA) is 99.0 Å². The first-order valence-electron chi connectivity index (χ1n) is 5.59. The molecule has 0 spiro atoms. The molecule has 0 unspecified atom stereocenters. The lowest BCUT2D eigenvalue weighted by Gasteiger charge is -2.33. The molecular weight excluding hydrogens is 226 g/mol. The molecule has 1 amide bonds. The molecule has 96 valence electrons. The van der Waals surface area contributed by atoms with Crippen LogP contribution in [0.3, 0.4) is 0 Å². The summed E-state index contributed by atoms with van der Waals surface area (Å²) in [4.78, 5) is 11.8. The minimum atomic E-state index is -1.07. The molecule has 1 aliphatic heterocycles. The molecule has 2 rings (SSSR count). The molecule has 2 aliphatic rings. The lowest BCUT2D eigenvalue weighted by molar-refractivity contribution is -0.117. The van der Waals surface area contributed by atoms with E-state index in [2.05, 4.69) is 5.32 Å². The van der Waals surface area contributed by atoms with Gasteiger partial charge in [-0.1, -0.05) is 0 Å². The zero-order valence-corrected chi connectivity index (χ0v) is 9.75. The minimum absolute atomic E-state index is 0.115. The van der Waals surface area contributed by atoms with Crippen LogP contribution in [0.4, 0.5) is 0 Å². The molecule has 0 aromatic carbocycles. The molecule has 17 heavy (non-hydrogen) atoms. The summed E-state index contributed by atoms with van der Waals surface area (Å²) in [5.74, 6) is -0.585. The lowest BCUT2D eigenvalue weighted by atomic mass is 9.79. The third kappa shape index (κ3) is 1.82. The highest BCUT2D eigenvalue weighted by Crippen LogP contribution is 2.38. The lowest BCUT2D eigenvalue weighted by Crippen LogP contribution is -2.47. The first-order valence-corrected chi connectivity index (χ1v) is 5.59. The molecular formula is C11H17NO5. The normalized spacial score (nSPS) is 38.8. The number of hydrogen-bond acceptors (Lipinski definition) is 5. The largest absolute Gasteiger partial charge is 0.500 e. The van der Waals surface area contributed by atoms with Crippen LogP contribution in [0.1, 0.15) is 13.3 Å². The number of carbonyl (C=O) groups excluding carboxylic acids is 1. The van der Waals surface area contributed by atoms with Crippen molar-refractivity contribution in [3.05, 3.63) is 11.3 Å². The van der Waals surface area contributed by atoms with E-state index in [0.29, 0.717) is 11.3 Å². The average Bonchev–Trinajstić information content (AvgIpc) is 2.62. The number of fused-ring (bicyclic) bond motifs is 1. The Kier molecular flexibility index (Phi) is 3.11. The zero-order valence-electron chi connectivity index (χ0n) is 9.75. The van der Waals surface area contributed by atoms with Gasteiger partial charge in [0, 0.05) is 12.3 Å². The van der Waals surface area contributed by atoms with Gasteiger partial charge in [-0.2, -0.15) is 0 Å². The number of nitrogens with one attached hydrogen (secondary N) is 1. The second-order valence-corrected chi connectivity index (χ2v) is 4.57. The van der Waals surface area contributed by atoms with Gasteiger partial charge in [0.1, 0.15) is 5.76 Å². The van der Waals surface area contributed by atoms with Gasteiger partial charge in [-0.15, -0.1) is 0 Å². The van der Waals surface area contributed by atoms with Gasteiger partial charge in [-0.3, -0.25) is 4.79 Å². The van der Waals surface area contributed by atoms with E-state index < -0.39 is 30.3 Å². The molecule has 1 aliphatic carbocycles. The van der Waals surface area contributed by atoms with Crippen LogP contribution in [0.25, 0.3) is 0 Å². The Balaban J connectivity index is 2.44. The van der Waals surface area contributed by atoms with Crippen LogP contribution >= 0.6 is 0 Å². The van der Waals surface area contributed by atoms with Gasteiger partial charge in [0.2, 0.25) is 0 Å². The number of methoxy groups -OCH3 is 1. The number of ether oxygens (including phenoxy) is 1. The van der Waals surface area contributed by atoms with Crippen molar-refractivity contribution in [3.63, 3.8) is 0 Å². The fraction of sp³-hybridized carbons (Fsp3) is 0.727. The number of aliphatic hydroxyl groups excluding tert-OH is 3. The third-order valence-electron chi connectivity index (χ3n) is 3.49. The smallest absolute Gasteiger partial charge is 0.251 e.